The molecule has 0 fully saturated rings. The summed E-state index contributed by atoms with van der Waals surface area (Å²) in [5.74, 6) is 0.0378. The zero-order chi connectivity index (χ0) is 20.2. The molecule has 0 spiro atoms. The van der Waals surface area contributed by atoms with Crippen LogP contribution in [0.5, 0.6) is 0 Å². The van der Waals surface area contributed by atoms with Crippen LogP contribution >= 0.6 is 23.2 Å². The normalized spacial score (nSPS) is 12.2. The van der Waals surface area contributed by atoms with Gasteiger partial charge in [-0.15, -0.1) is 0 Å². The molecule has 0 aliphatic rings. The minimum Gasteiger partial charge on any atom is -0.360 e. The number of hydrogen-bond acceptors (Lipinski definition) is 2. The van der Waals surface area contributed by atoms with E-state index in [1.807, 2.05) is 66.7 Å². The van der Waals surface area contributed by atoms with Gasteiger partial charge >= 0.3 is 0 Å². The molecule has 1 heterocycles. The van der Waals surface area contributed by atoms with Gasteiger partial charge in [0, 0.05) is 39.3 Å². The van der Waals surface area contributed by atoms with E-state index in [1.165, 1.54) is 0 Å². The number of H-pyrrole nitrogens is 1. The van der Waals surface area contributed by atoms with Crippen LogP contribution in [0.15, 0.2) is 79.0 Å². The summed E-state index contributed by atoms with van der Waals surface area (Å²) in [7, 11) is 0. The van der Waals surface area contributed by atoms with Gasteiger partial charge in [-0.05, 0) is 35.7 Å². The van der Waals surface area contributed by atoms with Crippen molar-refractivity contribution >= 4 is 39.9 Å². The molecule has 0 aliphatic heterocycles. The van der Waals surface area contributed by atoms with E-state index in [1.54, 1.807) is 12.3 Å². The molecule has 5 heteroatoms. The summed E-state index contributed by atoms with van der Waals surface area (Å²) in [6.07, 6.45) is 2.49. The number of para-hydroxylation sites is 1. The van der Waals surface area contributed by atoms with Crippen molar-refractivity contribution < 1.29 is 4.79 Å². The number of carbonyl (C=O) groups is 1. The Kier molecular flexibility index (Phi) is 6.00. The lowest BCUT2D eigenvalue weighted by Gasteiger charge is -2.18. The van der Waals surface area contributed by atoms with Crippen molar-refractivity contribution in [3.63, 3.8) is 0 Å². The summed E-state index contributed by atoms with van der Waals surface area (Å²) in [6.45, 7) is 0.606. The Labute approximate surface area is 179 Å². The van der Waals surface area contributed by atoms with Crippen molar-refractivity contribution in [2.75, 3.05) is 6.54 Å². The predicted molar refractivity (Wildman–Crippen MR) is 120 cm³/mol. The average molecular weight is 423 g/mol. The molecule has 4 rings (SSSR count). The van der Waals surface area contributed by atoms with E-state index < -0.39 is 6.04 Å². The molecule has 3 nitrogen and oxygen atoms in total. The van der Waals surface area contributed by atoms with Crippen LogP contribution in [0, 0.1) is 0 Å². The summed E-state index contributed by atoms with van der Waals surface area (Å²) in [4.78, 5) is 16.6. The molecule has 0 aliphatic carbocycles. The van der Waals surface area contributed by atoms with Crippen LogP contribution in [-0.4, -0.2) is 17.3 Å². The Morgan fingerprint density at radius 1 is 0.966 bits per heavy atom. The number of halogens is 2. The third kappa shape index (κ3) is 4.38. The fraction of sp³-hybridized carbons (Fsp3) is 0.125. The topological polar surface area (TPSA) is 44.9 Å². The Balaban J connectivity index is 1.58. The molecular weight excluding hydrogens is 403 g/mol. The zero-order valence-electron chi connectivity index (χ0n) is 15.7. The monoisotopic (exact) mass is 422 g/mol. The number of Topliss-reactive ketones (excluding diaryl/α,β-unsaturated/α-hetero) is 1. The first kappa shape index (κ1) is 19.7. The summed E-state index contributed by atoms with van der Waals surface area (Å²) < 4.78 is 0. The molecule has 146 valence electrons. The molecule has 0 amide bonds. The zero-order valence-corrected chi connectivity index (χ0v) is 17.2. The largest absolute Gasteiger partial charge is 0.360 e. The van der Waals surface area contributed by atoms with E-state index >= 15 is 0 Å². The maximum Gasteiger partial charge on any atom is 0.186 e. The number of fused-ring (bicyclic) bond motifs is 1. The fourth-order valence-corrected chi connectivity index (χ4v) is 4.02. The smallest absolute Gasteiger partial charge is 0.186 e. The van der Waals surface area contributed by atoms with E-state index in [2.05, 4.69) is 10.3 Å². The Hall–Kier alpha value is -2.59. The van der Waals surface area contributed by atoms with Crippen LogP contribution in [0.3, 0.4) is 0 Å². The lowest BCUT2D eigenvalue weighted by molar-refractivity contribution is 0.0945. The number of rotatable bonds is 7. The van der Waals surface area contributed by atoms with Crippen LogP contribution in [-0.2, 0) is 6.42 Å². The molecule has 3 aromatic carbocycles. The van der Waals surface area contributed by atoms with E-state index in [-0.39, 0.29) is 5.78 Å². The lowest BCUT2D eigenvalue weighted by Crippen LogP contribution is -2.30. The van der Waals surface area contributed by atoms with Gasteiger partial charge in [-0.3, -0.25) is 4.79 Å². The average Bonchev–Trinajstić information content (AvgIpc) is 3.17. The first-order valence-electron chi connectivity index (χ1n) is 9.46. The summed E-state index contributed by atoms with van der Waals surface area (Å²) in [5, 5.41) is 5.61. The highest BCUT2D eigenvalue weighted by Gasteiger charge is 2.23. The second kappa shape index (κ2) is 8.83. The molecule has 1 aromatic heterocycles. The van der Waals surface area contributed by atoms with Gasteiger partial charge in [-0.25, -0.2) is 0 Å². The maximum absolute atomic E-state index is 13.4. The maximum atomic E-state index is 13.4. The summed E-state index contributed by atoms with van der Waals surface area (Å²) >= 11 is 12.3. The van der Waals surface area contributed by atoms with Crippen LogP contribution in [0.2, 0.25) is 10.0 Å². The molecule has 0 saturated carbocycles. The van der Waals surface area contributed by atoms with Gasteiger partial charge in [-0.1, -0.05) is 77.8 Å². The first-order valence-corrected chi connectivity index (χ1v) is 10.2. The molecule has 2 N–H and O–H groups in total. The van der Waals surface area contributed by atoms with E-state index in [0.29, 0.717) is 28.6 Å². The van der Waals surface area contributed by atoms with Crippen LogP contribution in [0.1, 0.15) is 27.5 Å². The molecule has 0 unspecified atom stereocenters. The lowest BCUT2D eigenvalue weighted by atomic mass is 9.96. The first-order chi connectivity index (χ1) is 14.1. The molecule has 1 atom stereocenters. The highest BCUT2D eigenvalue weighted by molar-refractivity contribution is 6.35. The van der Waals surface area contributed by atoms with E-state index in [4.69, 9.17) is 23.2 Å². The van der Waals surface area contributed by atoms with Gasteiger partial charge in [0.15, 0.2) is 5.78 Å². The summed E-state index contributed by atoms with van der Waals surface area (Å²) in [6, 6.07) is 22.7. The third-order valence-corrected chi connectivity index (χ3v) is 5.59. The molecule has 0 bridgehead atoms. The standard InChI is InChI=1S/C24H20Cl2N2O/c25-18-11-10-16(21(26)14-18)12-13-27-23(17-6-2-1-3-7-17)24(29)20-15-28-22-9-5-4-8-19(20)22/h1-11,14-15,23,27-28H,12-13H2/t23-/m0/s1. The molecule has 0 radical (unpaired) electrons. The van der Waals surface area contributed by atoms with Gasteiger partial charge in [0.1, 0.15) is 0 Å². The van der Waals surface area contributed by atoms with Gasteiger partial charge in [0.2, 0.25) is 0 Å². The summed E-state index contributed by atoms with van der Waals surface area (Å²) in [5.41, 5.74) is 3.57. The number of aromatic nitrogens is 1. The Morgan fingerprint density at radius 3 is 2.52 bits per heavy atom. The van der Waals surface area contributed by atoms with E-state index in [9.17, 15) is 4.79 Å². The number of benzene rings is 3. The number of carbonyl (C=O) groups excluding carboxylic acids is 1. The SMILES string of the molecule is O=C(c1c[nH]c2ccccc12)[C@@H](NCCc1ccc(Cl)cc1Cl)c1ccccc1. The highest BCUT2D eigenvalue weighted by atomic mass is 35.5. The van der Waals surface area contributed by atoms with Crippen molar-refractivity contribution in [1.82, 2.24) is 10.3 Å². The van der Waals surface area contributed by atoms with Crippen molar-refractivity contribution in [2.24, 2.45) is 0 Å². The van der Waals surface area contributed by atoms with Crippen molar-refractivity contribution in [1.29, 1.82) is 0 Å². The highest BCUT2D eigenvalue weighted by Crippen LogP contribution is 2.25. The predicted octanol–water partition coefficient (Wildman–Crippen LogP) is 6.23. The number of ketones is 1. The fourth-order valence-electron chi connectivity index (χ4n) is 3.51. The van der Waals surface area contributed by atoms with E-state index in [0.717, 1.165) is 22.0 Å². The Morgan fingerprint density at radius 2 is 1.72 bits per heavy atom. The van der Waals surface area contributed by atoms with Crippen LogP contribution < -0.4 is 5.32 Å². The van der Waals surface area contributed by atoms with Crippen LogP contribution in [0.25, 0.3) is 10.9 Å². The van der Waals surface area contributed by atoms with Gasteiger partial charge < -0.3 is 10.3 Å². The number of hydrogen-bond donors (Lipinski definition) is 2. The van der Waals surface area contributed by atoms with Crippen molar-refractivity contribution in [3.05, 3.63) is 106 Å². The number of aromatic amines is 1. The molecule has 29 heavy (non-hydrogen) atoms. The Bertz CT molecular complexity index is 1140. The molecular formula is C24H20Cl2N2O. The van der Waals surface area contributed by atoms with Crippen LogP contribution in [0.4, 0.5) is 0 Å². The molecule has 4 aromatic rings. The van der Waals surface area contributed by atoms with Gasteiger partial charge in [0.25, 0.3) is 0 Å². The van der Waals surface area contributed by atoms with Crippen molar-refractivity contribution in [3.8, 4) is 0 Å². The third-order valence-electron chi connectivity index (χ3n) is 5.01. The quantitative estimate of drug-likeness (QED) is 0.346. The minimum absolute atomic E-state index is 0.0378. The van der Waals surface area contributed by atoms with Crippen molar-refractivity contribution in [2.45, 2.75) is 12.5 Å². The second-order valence-corrected chi connectivity index (χ2v) is 7.74. The van der Waals surface area contributed by atoms with Gasteiger partial charge in [-0.2, -0.15) is 0 Å². The molecule has 0 saturated heterocycles. The number of nitrogens with one attached hydrogen (secondary N) is 2. The minimum atomic E-state index is -0.443. The van der Waals surface area contributed by atoms with Gasteiger partial charge in [0.05, 0.1) is 6.04 Å². The second-order valence-electron chi connectivity index (χ2n) is 6.90.